The minimum atomic E-state index is -0.111. The number of benzene rings is 3. The smallest absolute Gasteiger partial charge is 0.251 e. The normalized spacial score (nSPS) is 13.6. The van der Waals surface area contributed by atoms with Gasteiger partial charge in [-0.05, 0) is 37.3 Å². The van der Waals surface area contributed by atoms with E-state index >= 15 is 0 Å². The second-order valence-corrected chi connectivity index (χ2v) is 9.14. The SMILES string of the molecule is CC.Cc1ccc(-c2nc3cc(C(=O)NCCN4CCOCC4)ccc3nc2-c2ccc(Cl)cc2)cc1. The molecule has 7 heteroatoms. The molecule has 5 rings (SSSR count). The predicted molar refractivity (Wildman–Crippen MR) is 151 cm³/mol. The molecule has 37 heavy (non-hydrogen) atoms. The standard InChI is InChI=1S/C28H27ClN4O2.C2H6/c1-19-2-4-20(5-3-19)27-26(21-6-9-23(29)10-7-21)31-24-11-8-22(18-25(24)32-27)28(34)30-12-13-33-14-16-35-17-15-33;1-2/h2-11,18H,12-17H2,1H3,(H,30,34);1-2H3. The van der Waals surface area contributed by atoms with Crippen molar-refractivity contribution < 1.29 is 9.53 Å². The number of fused-ring (bicyclic) bond motifs is 1. The first kappa shape index (κ1) is 26.7. The summed E-state index contributed by atoms with van der Waals surface area (Å²) in [7, 11) is 0. The second kappa shape index (κ2) is 12.8. The summed E-state index contributed by atoms with van der Waals surface area (Å²) in [6.07, 6.45) is 0. The zero-order chi connectivity index (χ0) is 26.2. The molecule has 2 heterocycles. The van der Waals surface area contributed by atoms with Crippen molar-refractivity contribution in [3.63, 3.8) is 0 Å². The lowest BCUT2D eigenvalue weighted by atomic mass is 10.0. The minimum absolute atomic E-state index is 0.111. The summed E-state index contributed by atoms with van der Waals surface area (Å²) in [5.41, 5.74) is 6.61. The molecule has 0 radical (unpaired) electrons. The van der Waals surface area contributed by atoms with E-state index in [2.05, 4.69) is 29.3 Å². The van der Waals surface area contributed by atoms with Crippen molar-refractivity contribution in [3.8, 4) is 22.5 Å². The van der Waals surface area contributed by atoms with E-state index in [0.29, 0.717) is 22.6 Å². The maximum absolute atomic E-state index is 12.8. The van der Waals surface area contributed by atoms with Crippen LogP contribution >= 0.6 is 11.6 Å². The van der Waals surface area contributed by atoms with Crippen molar-refractivity contribution in [3.05, 3.63) is 82.9 Å². The first-order valence-corrected chi connectivity index (χ1v) is 13.2. The third-order valence-electron chi connectivity index (χ3n) is 6.19. The van der Waals surface area contributed by atoms with Crippen molar-refractivity contribution >= 4 is 28.5 Å². The Morgan fingerprint density at radius 2 is 1.49 bits per heavy atom. The van der Waals surface area contributed by atoms with E-state index in [1.807, 2.05) is 62.4 Å². The third-order valence-corrected chi connectivity index (χ3v) is 6.44. The first-order chi connectivity index (χ1) is 18.1. The molecule has 0 spiro atoms. The molecule has 1 amide bonds. The van der Waals surface area contributed by atoms with Crippen LogP contribution in [0.5, 0.6) is 0 Å². The van der Waals surface area contributed by atoms with E-state index in [4.69, 9.17) is 26.3 Å². The molecule has 4 aromatic rings. The Kier molecular flexibility index (Phi) is 9.23. The minimum Gasteiger partial charge on any atom is -0.379 e. The van der Waals surface area contributed by atoms with Crippen LogP contribution in [0, 0.1) is 6.92 Å². The van der Waals surface area contributed by atoms with E-state index in [1.54, 1.807) is 6.07 Å². The molecule has 0 atom stereocenters. The number of nitrogens with one attached hydrogen (secondary N) is 1. The summed E-state index contributed by atoms with van der Waals surface area (Å²) >= 11 is 6.11. The number of ether oxygens (including phenoxy) is 1. The fourth-order valence-corrected chi connectivity index (χ4v) is 4.30. The highest BCUT2D eigenvalue weighted by molar-refractivity contribution is 6.30. The monoisotopic (exact) mass is 516 g/mol. The Bertz CT molecular complexity index is 1330. The van der Waals surface area contributed by atoms with Crippen LogP contribution in [-0.2, 0) is 4.74 Å². The van der Waals surface area contributed by atoms with Crippen molar-refractivity contribution in [1.29, 1.82) is 0 Å². The van der Waals surface area contributed by atoms with E-state index in [1.165, 1.54) is 5.56 Å². The average Bonchev–Trinajstić information content (AvgIpc) is 2.94. The Balaban J connectivity index is 0.00000156. The summed E-state index contributed by atoms with van der Waals surface area (Å²) in [5.74, 6) is -0.111. The maximum Gasteiger partial charge on any atom is 0.251 e. The zero-order valence-corrected chi connectivity index (χ0v) is 22.4. The summed E-state index contributed by atoms with van der Waals surface area (Å²) in [4.78, 5) is 25.0. The molecule has 3 aromatic carbocycles. The van der Waals surface area contributed by atoms with Crippen molar-refractivity contribution in [2.75, 3.05) is 39.4 Å². The molecule has 1 aliphatic heterocycles. The van der Waals surface area contributed by atoms with Crippen LogP contribution in [0.2, 0.25) is 5.02 Å². The largest absolute Gasteiger partial charge is 0.379 e. The van der Waals surface area contributed by atoms with E-state index in [-0.39, 0.29) is 5.91 Å². The van der Waals surface area contributed by atoms with Gasteiger partial charge in [0.05, 0.1) is 35.6 Å². The van der Waals surface area contributed by atoms with Crippen LogP contribution in [0.15, 0.2) is 66.7 Å². The van der Waals surface area contributed by atoms with E-state index in [0.717, 1.165) is 60.9 Å². The molecular formula is C30H33ClN4O2. The highest BCUT2D eigenvalue weighted by Crippen LogP contribution is 2.32. The second-order valence-electron chi connectivity index (χ2n) is 8.71. The van der Waals surface area contributed by atoms with Gasteiger partial charge in [0.25, 0.3) is 5.91 Å². The van der Waals surface area contributed by atoms with Crippen LogP contribution in [0.3, 0.4) is 0 Å². The third kappa shape index (κ3) is 6.72. The molecule has 1 saturated heterocycles. The quantitative estimate of drug-likeness (QED) is 0.340. The van der Waals surface area contributed by atoms with Crippen molar-refractivity contribution in [2.24, 2.45) is 0 Å². The van der Waals surface area contributed by atoms with Gasteiger partial charge in [0.1, 0.15) is 0 Å². The van der Waals surface area contributed by atoms with Crippen molar-refractivity contribution in [2.45, 2.75) is 20.8 Å². The number of morpholine rings is 1. The van der Waals surface area contributed by atoms with Crippen LogP contribution in [0.25, 0.3) is 33.5 Å². The van der Waals surface area contributed by atoms with Crippen LogP contribution in [0.1, 0.15) is 29.8 Å². The maximum atomic E-state index is 12.8. The number of rotatable bonds is 6. The van der Waals surface area contributed by atoms with Gasteiger partial charge in [-0.1, -0.05) is 67.4 Å². The lowest BCUT2D eigenvalue weighted by Crippen LogP contribution is -2.41. The Labute approximate surface area is 223 Å². The molecule has 6 nitrogen and oxygen atoms in total. The summed E-state index contributed by atoms with van der Waals surface area (Å²) in [6.45, 7) is 10.8. The molecule has 1 aromatic heterocycles. The summed E-state index contributed by atoms with van der Waals surface area (Å²) in [5, 5.41) is 3.69. The number of amides is 1. The molecule has 192 valence electrons. The number of hydrogen-bond acceptors (Lipinski definition) is 5. The molecule has 1 aliphatic rings. The molecule has 1 fully saturated rings. The number of halogens is 1. The van der Waals surface area contributed by atoms with Gasteiger partial charge in [-0.2, -0.15) is 0 Å². The Morgan fingerprint density at radius 1 is 0.892 bits per heavy atom. The molecule has 0 saturated carbocycles. The lowest BCUT2D eigenvalue weighted by Gasteiger charge is -2.26. The highest BCUT2D eigenvalue weighted by atomic mass is 35.5. The van der Waals surface area contributed by atoms with Gasteiger partial charge in [0, 0.05) is 47.9 Å². The fraction of sp³-hybridized carbons (Fsp3) is 0.300. The van der Waals surface area contributed by atoms with Gasteiger partial charge in [0.2, 0.25) is 0 Å². The molecule has 0 bridgehead atoms. The average molecular weight is 517 g/mol. The fourth-order valence-electron chi connectivity index (χ4n) is 4.17. The number of hydrogen-bond donors (Lipinski definition) is 1. The molecule has 0 aliphatic carbocycles. The molecule has 1 N–H and O–H groups in total. The summed E-state index contributed by atoms with van der Waals surface area (Å²) < 4.78 is 5.38. The Morgan fingerprint density at radius 3 is 2.14 bits per heavy atom. The predicted octanol–water partition coefficient (Wildman–Crippen LogP) is 6.01. The van der Waals surface area contributed by atoms with Gasteiger partial charge < -0.3 is 10.1 Å². The number of aromatic nitrogens is 2. The zero-order valence-electron chi connectivity index (χ0n) is 21.6. The van der Waals surface area contributed by atoms with Gasteiger partial charge in [-0.15, -0.1) is 0 Å². The van der Waals surface area contributed by atoms with Gasteiger partial charge in [-0.3, -0.25) is 9.69 Å². The Hall–Kier alpha value is -3.32. The van der Waals surface area contributed by atoms with Crippen LogP contribution < -0.4 is 5.32 Å². The summed E-state index contributed by atoms with van der Waals surface area (Å²) in [6, 6.07) is 21.3. The first-order valence-electron chi connectivity index (χ1n) is 12.8. The number of nitrogens with zero attached hydrogens (tertiary/aromatic N) is 3. The molecule has 0 unspecified atom stereocenters. The molecular weight excluding hydrogens is 484 g/mol. The van der Waals surface area contributed by atoms with Gasteiger partial charge in [0.15, 0.2) is 0 Å². The van der Waals surface area contributed by atoms with Gasteiger partial charge in [-0.25, -0.2) is 9.97 Å². The van der Waals surface area contributed by atoms with E-state index < -0.39 is 0 Å². The number of aryl methyl sites for hydroxylation is 1. The topological polar surface area (TPSA) is 67.4 Å². The highest BCUT2D eigenvalue weighted by Gasteiger charge is 2.16. The van der Waals surface area contributed by atoms with Crippen LogP contribution in [-0.4, -0.2) is 60.2 Å². The van der Waals surface area contributed by atoms with E-state index in [9.17, 15) is 4.79 Å². The number of carbonyl (C=O) groups is 1. The van der Waals surface area contributed by atoms with Gasteiger partial charge >= 0.3 is 0 Å². The number of carbonyl (C=O) groups excluding carboxylic acids is 1. The lowest BCUT2D eigenvalue weighted by molar-refractivity contribution is 0.0383. The van der Waals surface area contributed by atoms with Crippen molar-refractivity contribution in [1.82, 2.24) is 20.2 Å². The van der Waals surface area contributed by atoms with Crippen LogP contribution in [0.4, 0.5) is 0 Å².